The molecule has 0 bridgehead atoms. The molecule has 0 aliphatic rings. The molecule has 3 rings (SSSR count). The summed E-state index contributed by atoms with van der Waals surface area (Å²) in [5, 5.41) is 3.73. The van der Waals surface area contributed by atoms with Gasteiger partial charge in [-0.2, -0.15) is 5.10 Å². The van der Waals surface area contributed by atoms with Crippen LogP contribution in [0.3, 0.4) is 0 Å². The minimum Gasteiger partial charge on any atom is -0.272 e. The molecule has 1 amide bonds. The highest BCUT2D eigenvalue weighted by atomic mass is 35.5. The molecule has 3 aromatic rings. The van der Waals surface area contributed by atoms with E-state index >= 15 is 0 Å². The molecule has 22 heavy (non-hydrogen) atoms. The fraction of sp³-hybridized carbons (Fsp3) is 0.143. The summed E-state index contributed by atoms with van der Waals surface area (Å²) in [7, 11) is 0. The first kappa shape index (κ1) is 14.3. The minimum atomic E-state index is -0.755. The standard InChI is InChI=1S/C14H12ClN5O2/c1-9(15)13(21)18-19-8-16-12-11(14(19)22)7-17-20(12)10-5-3-2-4-6-10/h2-9H,1H3,(H,18,21). The van der Waals surface area contributed by atoms with E-state index in [1.54, 1.807) is 4.68 Å². The number of aromatic nitrogens is 4. The Morgan fingerprint density at radius 1 is 1.32 bits per heavy atom. The Morgan fingerprint density at radius 2 is 2.05 bits per heavy atom. The van der Waals surface area contributed by atoms with Crippen LogP contribution < -0.4 is 11.0 Å². The highest BCUT2D eigenvalue weighted by Crippen LogP contribution is 2.12. The lowest BCUT2D eigenvalue weighted by molar-refractivity contribution is -0.116. The zero-order valence-electron chi connectivity index (χ0n) is 11.6. The summed E-state index contributed by atoms with van der Waals surface area (Å²) in [5.41, 5.74) is 3.18. The van der Waals surface area contributed by atoms with E-state index in [1.165, 1.54) is 19.4 Å². The maximum absolute atomic E-state index is 12.3. The van der Waals surface area contributed by atoms with Crippen LogP contribution in [0.4, 0.5) is 0 Å². The summed E-state index contributed by atoms with van der Waals surface area (Å²) in [6.45, 7) is 1.52. The highest BCUT2D eigenvalue weighted by Gasteiger charge is 2.14. The number of carbonyl (C=O) groups excluding carboxylic acids is 1. The van der Waals surface area contributed by atoms with E-state index in [1.807, 2.05) is 30.3 Å². The van der Waals surface area contributed by atoms with Crippen molar-refractivity contribution in [3.8, 4) is 5.69 Å². The molecule has 112 valence electrons. The van der Waals surface area contributed by atoms with Gasteiger partial charge in [0.05, 0.1) is 11.9 Å². The van der Waals surface area contributed by atoms with Crippen molar-refractivity contribution in [3.05, 3.63) is 53.2 Å². The van der Waals surface area contributed by atoms with Crippen molar-refractivity contribution in [1.29, 1.82) is 0 Å². The number of halogens is 1. The van der Waals surface area contributed by atoms with E-state index in [0.717, 1.165) is 10.4 Å². The number of carbonyl (C=O) groups is 1. The summed E-state index contributed by atoms with van der Waals surface area (Å²) in [6, 6.07) is 9.34. The predicted octanol–water partition coefficient (Wildman–Crippen LogP) is 1.28. The number of benzene rings is 1. The van der Waals surface area contributed by atoms with Crippen LogP contribution in [0.1, 0.15) is 6.92 Å². The van der Waals surface area contributed by atoms with Gasteiger partial charge < -0.3 is 0 Å². The van der Waals surface area contributed by atoms with Gasteiger partial charge in [-0.05, 0) is 19.1 Å². The minimum absolute atomic E-state index is 0.300. The second-order valence-corrected chi connectivity index (χ2v) is 5.30. The van der Waals surface area contributed by atoms with E-state index in [9.17, 15) is 9.59 Å². The van der Waals surface area contributed by atoms with E-state index < -0.39 is 16.8 Å². The molecule has 0 aliphatic heterocycles. The van der Waals surface area contributed by atoms with Gasteiger partial charge in [0.15, 0.2) is 5.65 Å². The van der Waals surface area contributed by atoms with Crippen molar-refractivity contribution in [3.63, 3.8) is 0 Å². The number of hydrogen-bond donors (Lipinski definition) is 1. The van der Waals surface area contributed by atoms with Crippen LogP contribution in [-0.4, -0.2) is 30.7 Å². The molecule has 7 nitrogen and oxygen atoms in total. The lowest BCUT2D eigenvalue weighted by atomic mass is 10.3. The van der Waals surface area contributed by atoms with Gasteiger partial charge in [-0.15, -0.1) is 11.6 Å². The number of fused-ring (bicyclic) bond motifs is 1. The van der Waals surface area contributed by atoms with Gasteiger partial charge in [-0.25, -0.2) is 14.3 Å². The molecule has 0 radical (unpaired) electrons. The molecule has 1 atom stereocenters. The molecule has 0 saturated carbocycles. The van der Waals surface area contributed by atoms with E-state index in [2.05, 4.69) is 15.5 Å². The lowest BCUT2D eigenvalue weighted by Gasteiger charge is -2.08. The van der Waals surface area contributed by atoms with Crippen LogP contribution in [-0.2, 0) is 4.79 Å². The van der Waals surface area contributed by atoms with E-state index in [0.29, 0.717) is 11.0 Å². The van der Waals surface area contributed by atoms with Crippen LogP contribution >= 0.6 is 11.6 Å². The van der Waals surface area contributed by atoms with E-state index in [4.69, 9.17) is 11.6 Å². The molecule has 8 heteroatoms. The summed E-state index contributed by atoms with van der Waals surface area (Å²) in [5.74, 6) is -0.486. The SMILES string of the molecule is CC(Cl)C(=O)Nn1cnc2c(cnn2-c2ccccc2)c1=O. The summed E-state index contributed by atoms with van der Waals surface area (Å²) >= 11 is 5.67. The summed E-state index contributed by atoms with van der Waals surface area (Å²) in [6.07, 6.45) is 2.66. The Kier molecular flexibility index (Phi) is 3.64. The Bertz CT molecular complexity index is 885. The van der Waals surface area contributed by atoms with Gasteiger partial charge in [0, 0.05) is 0 Å². The number of amides is 1. The molecular weight excluding hydrogens is 306 g/mol. The number of alkyl halides is 1. The zero-order valence-corrected chi connectivity index (χ0v) is 12.4. The highest BCUT2D eigenvalue weighted by molar-refractivity contribution is 6.31. The summed E-state index contributed by atoms with van der Waals surface area (Å²) < 4.78 is 2.56. The van der Waals surface area contributed by atoms with Gasteiger partial charge in [-0.3, -0.25) is 15.0 Å². The Labute approximate surface area is 130 Å². The molecule has 0 aliphatic carbocycles. The van der Waals surface area contributed by atoms with Crippen LogP contribution in [0.25, 0.3) is 16.7 Å². The van der Waals surface area contributed by atoms with Crippen LogP contribution in [0, 0.1) is 0 Å². The molecule has 1 aromatic carbocycles. The first-order valence-electron chi connectivity index (χ1n) is 6.53. The Hall–Kier alpha value is -2.67. The maximum Gasteiger partial charge on any atom is 0.283 e. The number of nitrogens with one attached hydrogen (secondary N) is 1. The van der Waals surface area contributed by atoms with Gasteiger partial charge in [0.1, 0.15) is 17.1 Å². The molecule has 0 fully saturated rings. The number of hydrogen-bond acceptors (Lipinski definition) is 4. The topological polar surface area (TPSA) is 81.8 Å². The van der Waals surface area contributed by atoms with Crippen molar-refractivity contribution in [2.75, 3.05) is 5.43 Å². The smallest absolute Gasteiger partial charge is 0.272 e. The van der Waals surface area contributed by atoms with Crippen LogP contribution in [0.15, 0.2) is 47.7 Å². The van der Waals surface area contributed by atoms with Crippen molar-refractivity contribution in [2.45, 2.75) is 12.3 Å². The third-order valence-electron chi connectivity index (χ3n) is 3.08. The predicted molar refractivity (Wildman–Crippen MR) is 82.8 cm³/mol. The van der Waals surface area contributed by atoms with Gasteiger partial charge >= 0.3 is 0 Å². The first-order valence-corrected chi connectivity index (χ1v) is 6.97. The molecule has 0 spiro atoms. The van der Waals surface area contributed by atoms with E-state index in [-0.39, 0.29) is 0 Å². The van der Waals surface area contributed by atoms with Crippen molar-refractivity contribution in [2.24, 2.45) is 0 Å². The number of para-hydroxylation sites is 1. The van der Waals surface area contributed by atoms with Crippen molar-refractivity contribution >= 4 is 28.5 Å². The first-order chi connectivity index (χ1) is 10.6. The van der Waals surface area contributed by atoms with Crippen LogP contribution in [0.2, 0.25) is 0 Å². The zero-order chi connectivity index (χ0) is 15.7. The van der Waals surface area contributed by atoms with Crippen molar-refractivity contribution < 1.29 is 4.79 Å². The second-order valence-electron chi connectivity index (χ2n) is 4.64. The number of nitrogens with zero attached hydrogens (tertiary/aromatic N) is 4. The molecule has 1 N–H and O–H groups in total. The monoisotopic (exact) mass is 317 g/mol. The Morgan fingerprint density at radius 3 is 2.73 bits per heavy atom. The second kappa shape index (κ2) is 5.61. The average molecular weight is 318 g/mol. The van der Waals surface area contributed by atoms with Gasteiger partial charge in [-0.1, -0.05) is 18.2 Å². The normalized spacial score (nSPS) is 12.3. The lowest BCUT2D eigenvalue weighted by Crippen LogP contribution is -2.36. The largest absolute Gasteiger partial charge is 0.283 e. The fourth-order valence-electron chi connectivity index (χ4n) is 1.96. The average Bonchev–Trinajstić information content (AvgIpc) is 2.95. The molecule has 2 aromatic heterocycles. The summed E-state index contributed by atoms with van der Waals surface area (Å²) in [4.78, 5) is 28.1. The number of rotatable bonds is 3. The van der Waals surface area contributed by atoms with Crippen LogP contribution in [0.5, 0.6) is 0 Å². The Balaban J connectivity index is 2.07. The van der Waals surface area contributed by atoms with Gasteiger partial charge in [0.2, 0.25) is 0 Å². The third-order valence-corrected chi connectivity index (χ3v) is 3.28. The van der Waals surface area contributed by atoms with Gasteiger partial charge in [0.25, 0.3) is 11.5 Å². The molecule has 0 saturated heterocycles. The van der Waals surface area contributed by atoms with Crippen molar-refractivity contribution in [1.82, 2.24) is 19.4 Å². The maximum atomic E-state index is 12.3. The molecule has 1 unspecified atom stereocenters. The molecule has 2 heterocycles. The third kappa shape index (κ3) is 2.46. The molecular formula is C14H12ClN5O2. The fourth-order valence-corrected chi connectivity index (χ4v) is 2.01. The quantitative estimate of drug-likeness (QED) is 0.738.